The number of unbranched alkanes of at least 4 members (excludes halogenated alkanes) is 6. The van der Waals surface area contributed by atoms with E-state index in [4.69, 9.17) is 0 Å². The first-order valence-corrected chi connectivity index (χ1v) is 24.0. The molecule has 3 heterocycles. The molecule has 3 aromatic heterocycles. The molecule has 0 saturated heterocycles. The van der Waals surface area contributed by atoms with E-state index in [1.165, 1.54) is 127 Å². The van der Waals surface area contributed by atoms with Crippen LogP contribution in [0.1, 0.15) is 76.3 Å². The van der Waals surface area contributed by atoms with Crippen LogP contribution in [0.4, 0.5) is 17.1 Å². The molecule has 0 fully saturated rings. The zero-order chi connectivity index (χ0) is 42.5. The van der Waals surface area contributed by atoms with Crippen molar-refractivity contribution < 1.29 is 0 Å². The Morgan fingerprint density at radius 2 is 1.06 bits per heavy atom. The molecule has 0 bridgehead atoms. The number of pyridine rings is 1. The van der Waals surface area contributed by atoms with Crippen LogP contribution in [-0.4, -0.2) is 9.55 Å². The molecular formula is C59H55N3S. The molecular weight excluding hydrogens is 783 g/mol. The van der Waals surface area contributed by atoms with Crippen LogP contribution in [0.5, 0.6) is 0 Å². The van der Waals surface area contributed by atoms with Crippen molar-refractivity contribution in [3.63, 3.8) is 0 Å². The molecule has 0 unspecified atom stereocenters. The molecule has 0 N–H and O–H groups in total. The molecule has 10 rings (SSSR count). The number of nitrogens with zero attached hydrogens (tertiary/aromatic N) is 3. The molecule has 3 nitrogen and oxygen atoms in total. The number of rotatable bonds is 16. The van der Waals surface area contributed by atoms with Crippen molar-refractivity contribution in [3.05, 3.63) is 187 Å². The van der Waals surface area contributed by atoms with Gasteiger partial charge in [-0.3, -0.25) is 4.98 Å². The third kappa shape index (κ3) is 8.41. The first-order valence-electron chi connectivity index (χ1n) is 23.1. The maximum Gasteiger partial charge on any atom is 0.0645 e. The van der Waals surface area contributed by atoms with Crippen LogP contribution in [-0.2, 0) is 12.8 Å². The Bertz CT molecular complexity index is 3120. The van der Waals surface area contributed by atoms with Crippen LogP contribution in [0, 0.1) is 0 Å². The third-order valence-corrected chi connectivity index (χ3v) is 14.0. The van der Waals surface area contributed by atoms with E-state index < -0.39 is 0 Å². The van der Waals surface area contributed by atoms with Crippen molar-refractivity contribution in [2.75, 3.05) is 4.90 Å². The van der Waals surface area contributed by atoms with Crippen LogP contribution < -0.4 is 4.90 Å². The number of anilines is 3. The summed E-state index contributed by atoms with van der Waals surface area (Å²) in [7, 11) is 0. The van der Waals surface area contributed by atoms with Crippen molar-refractivity contribution in [2.45, 2.75) is 78.1 Å². The lowest BCUT2D eigenvalue weighted by molar-refractivity contribution is 0.667. The molecule has 0 aliphatic heterocycles. The fourth-order valence-corrected chi connectivity index (χ4v) is 10.6. The predicted molar refractivity (Wildman–Crippen MR) is 273 cm³/mol. The van der Waals surface area contributed by atoms with Gasteiger partial charge in [-0.05, 0) is 138 Å². The SMILES string of the molecule is CCCCCCc1ccc(-c2ccc(N(c3ccc(-c4ccc5c(c4)c4ccccc4n5-c4cccnc4)cc3)c3ccc4c(c3)sc3ccc(CCCCCC)cc34)cc2)cc1. The van der Waals surface area contributed by atoms with Crippen LogP contribution in [0.15, 0.2) is 176 Å². The fourth-order valence-electron chi connectivity index (χ4n) is 9.45. The van der Waals surface area contributed by atoms with Gasteiger partial charge < -0.3 is 9.47 Å². The highest BCUT2D eigenvalue weighted by molar-refractivity contribution is 7.25. The summed E-state index contributed by atoms with van der Waals surface area (Å²) in [6.45, 7) is 4.56. The minimum absolute atomic E-state index is 1.07. The summed E-state index contributed by atoms with van der Waals surface area (Å²) in [5.74, 6) is 0. The Kier molecular flexibility index (Phi) is 11.9. The van der Waals surface area contributed by atoms with Gasteiger partial charge in [0, 0.05) is 54.2 Å². The minimum atomic E-state index is 1.07. The summed E-state index contributed by atoms with van der Waals surface area (Å²) in [5, 5.41) is 5.19. The molecule has 0 saturated carbocycles. The van der Waals surface area contributed by atoms with Crippen LogP contribution in [0.2, 0.25) is 0 Å². The lowest BCUT2D eigenvalue weighted by Crippen LogP contribution is -2.09. The number of fused-ring (bicyclic) bond motifs is 6. The van der Waals surface area contributed by atoms with Crippen LogP contribution in [0.3, 0.4) is 0 Å². The molecule has 0 radical (unpaired) electrons. The molecule has 10 aromatic rings. The zero-order valence-electron chi connectivity index (χ0n) is 36.6. The van der Waals surface area contributed by atoms with E-state index in [9.17, 15) is 0 Å². The number of thiophene rings is 1. The van der Waals surface area contributed by atoms with Gasteiger partial charge >= 0.3 is 0 Å². The summed E-state index contributed by atoms with van der Waals surface area (Å²) in [6, 6.07) is 61.3. The van der Waals surface area contributed by atoms with Gasteiger partial charge in [0.15, 0.2) is 0 Å². The third-order valence-electron chi connectivity index (χ3n) is 12.9. The molecule has 0 aliphatic rings. The largest absolute Gasteiger partial charge is 0.310 e. The summed E-state index contributed by atoms with van der Waals surface area (Å²) < 4.78 is 4.99. The first-order chi connectivity index (χ1) is 31.1. The number of aryl methyl sites for hydroxylation is 2. The monoisotopic (exact) mass is 837 g/mol. The number of benzene rings is 7. The number of hydrogen-bond acceptors (Lipinski definition) is 3. The second kappa shape index (κ2) is 18.5. The summed E-state index contributed by atoms with van der Waals surface area (Å²) in [4.78, 5) is 6.85. The van der Waals surface area contributed by atoms with Crippen molar-refractivity contribution in [1.82, 2.24) is 9.55 Å². The smallest absolute Gasteiger partial charge is 0.0645 e. The Hall–Kier alpha value is -6.49. The maximum atomic E-state index is 4.44. The van der Waals surface area contributed by atoms with E-state index in [0.29, 0.717) is 0 Å². The molecule has 0 aliphatic carbocycles. The van der Waals surface area contributed by atoms with Gasteiger partial charge in [0.1, 0.15) is 0 Å². The van der Waals surface area contributed by atoms with Crippen LogP contribution in [0.25, 0.3) is 69.9 Å². The van der Waals surface area contributed by atoms with Gasteiger partial charge in [0.05, 0.1) is 22.9 Å². The zero-order valence-corrected chi connectivity index (χ0v) is 37.4. The van der Waals surface area contributed by atoms with Crippen molar-refractivity contribution >= 4 is 70.4 Å². The lowest BCUT2D eigenvalue weighted by Gasteiger charge is -2.26. The summed E-state index contributed by atoms with van der Waals surface area (Å²) in [6.07, 6.45) is 16.4. The van der Waals surface area contributed by atoms with Crippen molar-refractivity contribution in [2.24, 2.45) is 0 Å². The van der Waals surface area contributed by atoms with E-state index in [0.717, 1.165) is 35.6 Å². The molecule has 63 heavy (non-hydrogen) atoms. The molecule has 7 aromatic carbocycles. The van der Waals surface area contributed by atoms with Crippen molar-refractivity contribution in [1.29, 1.82) is 0 Å². The Morgan fingerprint density at radius 1 is 0.444 bits per heavy atom. The highest BCUT2D eigenvalue weighted by Crippen LogP contribution is 2.42. The highest BCUT2D eigenvalue weighted by Gasteiger charge is 2.17. The van der Waals surface area contributed by atoms with E-state index in [-0.39, 0.29) is 0 Å². The number of hydrogen-bond donors (Lipinski definition) is 0. The minimum Gasteiger partial charge on any atom is -0.310 e. The number of aromatic nitrogens is 2. The average molecular weight is 838 g/mol. The topological polar surface area (TPSA) is 21.1 Å². The molecule has 0 atom stereocenters. The quantitative estimate of drug-likeness (QED) is 0.0904. The Balaban J connectivity index is 0.996. The number of para-hydroxylation sites is 1. The van der Waals surface area contributed by atoms with Gasteiger partial charge in [-0.1, -0.05) is 137 Å². The second-order valence-corrected chi connectivity index (χ2v) is 18.2. The standard InChI is InChI=1S/C59H55N3S/c1-3-5-7-9-14-42-19-22-44(23-20-42)45-24-29-48(30-25-45)61(50-33-34-53-55-38-43(15-10-8-6-4-2)21-36-58(55)63-59(53)40-50)49-31-26-46(27-32-49)47-28-35-57-54(39-47)52-17-11-12-18-56(52)62(57)51-16-13-37-60-41-51/h11-13,16-41H,3-10,14-15H2,1-2H3. The van der Waals surface area contributed by atoms with Gasteiger partial charge in [0.25, 0.3) is 0 Å². The molecule has 0 amide bonds. The van der Waals surface area contributed by atoms with Gasteiger partial charge in [-0.25, -0.2) is 0 Å². The Morgan fingerprint density at radius 3 is 1.76 bits per heavy atom. The van der Waals surface area contributed by atoms with E-state index in [1.54, 1.807) is 0 Å². The summed E-state index contributed by atoms with van der Waals surface area (Å²) in [5.41, 5.74) is 14.6. The summed E-state index contributed by atoms with van der Waals surface area (Å²) >= 11 is 1.90. The van der Waals surface area contributed by atoms with Gasteiger partial charge in [-0.2, -0.15) is 0 Å². The van der Waals surface area contributed by atoms with E-state index in [1.807, 2.05) is 29.8 Å². The van der Waals surface area contributed by atoms with Crippen LogP contribution >= 0.6 is 11.3 Å². The van der Waals surface area contributed by atoms with Gasteiger partial charge in [0.2, 0.25) is 0 Å². The normalized spacial score (nSPS) is 11.7. The molecule has 4 heteroatoms. The average Bonchev–Trinajstić information content (AvgIpc) is 3.87. The van der Waals surface area contributed by atoms with Gasteiger partial charge in [-0.15, -0.1) is 11.3 Å². The lowest BCUT2D eigenvalue weighted by atomic mass is 10.0. The molecule has 0 spiro atoms. The fraction of sp³-hybridized carbons (Fsp3) is 0.203. The highest BCUT2D eigenvalue weighted by atomic mass is 32.1. The first kappa shape index (κ1) is 40.6. The second-order valence-electron chi connectivity index (χ2n) is 17.2. The maximum absolute atomic E-state index is 4.44. The van der Waals surface area contributed by atoms with Crippen molar-refractivity contribution in [3.8, 4) is 27.9 Å². The molecule has 312 valence electrons. The van der Waals surface area contributed by atoms with E-state index in [2.05, 4.69) is 186 Å². The van der Waals surface area contributed by atoms with E-state index >= 15 is 0 Å². The predicted octanol–water partition coefficient (Wildman–Crippen LogP) is 17.6. The Labute approximate surface area is 376 Å².